The van der Waals surface area contributed by atoms with Gasteiger partial charge in [0.2, 0.25) is 10.0 Å². The summed E-state index contributed by atoms with van der Waals surface area (Å²) in [6.07, 6.45) is 0. The smallest absolute Gasteiger partial charge is 0.269 e. The highest BCUT2D eigenvalue weighted by atomic mass is 32.2. The van der Waals surface area contributed by atoms with Crippen LogP contribution in [0.4, 0.5) is 5.69 Å². The predicted octanol–water partition coefficient (Wildman–Crippen LogP) is 1.20. The number of rotatable bonds is 4. The van der Waals surface area contributed by atoms with Gasteiger partial charge in [-0.05, 0) is 30.0 Å². The molecule has 1 fully saturated rings. The zero-order valence-electron chi connectivity index (χ0n) is 12.0. The Balaban J connectivity index is 2.29. The van der Waals surface area contributed by atoms with Gasteiger partial charge in [0.1, 0.15) is 0 Å². The largest absolute Gasteiger partial charge is 0.330 e. The van der Waals surface area contributed by atoms with E-state index >= 15 is 0 Å². The molecule has 2 N–H and O–H groups in total. The molecule has 1 saturated heterocycles. The Labute approximate surface area is 123 Å². The van der Waals surface area contributed by atoms with E-state index in [1.54, 1.807) is 0 Å². The fourth-order valence-electron chi connectivity index (χ4n) is 2.49. The number of hydrogen-bond donors (Lipinski definition) is 1. The molecule has 7 nitrogen and oxygen atoms in total. The first kappa shape index (κ1) is 15.9. The highest BCUT2D eigenvalue weighted by Crippen LogP contribution is 2.37. The first-order chi connectivity index (χ1) is 9.70. The van der Waals surface area contributed by atoms with Crippen molar-refractivity contribution in [1.82, 2.24) is 4.31 Å². The normalized spacial score (nSPS) is 26.9. The van der Waals surface area contributed by atoms with Crippen LogP contribution in [0.15, 0.2) is 29.2 Å². The van der Waals surface area contributed by atoms with Crippen molar-refractivity contribution in [3.05, 3.63) is 34.4 Å². The minimum absolute atomic E-state index is 0.0709. The van der Waals surface area contributed by atoms with E-state index < -0.39 is 14.9 Å². The van der Waals surface area contributed by atoms with Gasteiger partial charge in [0.05, 0.1) is 9.82 Å². The molecule has 116 valence electrons. The summed E-state index contributed by atoms with van der Waals surface area (Å²) >= 11 is 0. The van der Waals surface area contributed by atoms with E-state index in [0.29, 0.717) is 19.6 Å². The molecule has 21 heavy (non-hydrogen) atoms. The van der Waals surface area contributed by atoms with E-state index in [9.17, 15) is 18.5 Å². The molecule has 0 unspecified atom stereocenters. The molecule has 0 aromatic heterocycles. The molecule has 1 aromatic rings. The van der Waals surface area contributed by atoms with E-state index in [0.717, 1.165) is 0 Å². The van der Waals surface area contributed by atoms with Crippen LogP contribution in [0.2, 0.25) is 0 Å². The number of sulfonamides is 1. The number of nitrogens with zero attached hydrogens (tertiary/aromatic N) is 2. The van der Waals surface area contributed by atoms with Gasteiger partial charge in [0.15, 0.2) is 0 Å². The molecule has 8 heteroatoms. The topological polar surface area (TPSA) is 107 Å². The summed E-state index contributed by atoms with van der Waals surface area (Å²) in [4.78, 5) is 10.1. The maximum atomic E-state index is 12.6. The van der Waals surface area contributed by atoms with Gasteiger partial charge >= 0.3 is 0 Å². The zero-order valence-corrected chi connectivity index (χ0v) is 12.8. The summed E-state index contributed by atoms with van der Waals surface area (Å²) < 4.78 is 26.6. The first-order valence-corrected chi connectivity index (χ1v) is 8.09. The Bertz CT molecular complexity index is 644. The van der Waals surface area contributed by atoms with Crippen molar-refractivity contribution in [2.45, 2.75) is 18.7 Å². The zero-order chi connectivity index (χ0) is 15.8. The van der Waals surface area contributed by atoms with Crippen molar-refractivity contribution < 1.29 is 13.3 Å². The number of nitro groups is 1. The summed E-state index contributed by atoms with van der Waals surface area (Å²) in [7, 11) is -3.64. The minimum atomic E-state index is -3.64. The number of hydrogen-bond acceptors (Lipinski definition) is 5. The molecular formula is C13H19N3O4S. The summed E-state index contributed by atoms with van der Waals surface area (Å²) in [6.45, 7) is 5.15. The van der Waals surface area contributed by atoms with E-state index in [-0.39, 0.29) is 21.9 Å². The maximum Gasteiger partial charge on any atom is 0.269 e. The highest BCUT2D eigenvalue weighted by molar-refractivity contribution is 7.89. The molecule has 0 aliphatic carbocycles. The van der Waals surface area contributed by atoms with Gasteiger partial charge in [-0.15, -0.1) is 0 Å². The third-order valence-corrected chi connectivity index (χ3v) is 6.18. The molecule has 0 saturated carbocycles. The van der Waals surface area contributed by atoms with Crippen LogP contribution in [0.5, 0.6) is 0 Å². The molecule has 1 aromatic carbocycles. The number of nitrogens with two attached hydrogens (primary N) is 1. The second-order valence-corrected chi connectivity index (χ2v) is 7.75. The van der Waals surface area contributed by atoms with Crippen LogP contribution < -0.4 is 5.73 Å². The number of benzene rings is 1. The van der Waals surface area contributed by atoms with Gasteiger partial charge in [0.25, 0.3) is 5.69 Å². The SMILES string of the molecule is C[C@@H]1CN(S(=O)(=O)c2ccc([N+](=O)[O-])cc2)C[C@@]1(C)CN. The lowest BCUT2D eigenvalue weighted by Crippen LogP contribution is -2.35. The monoisotopic (exact) mass is 313 g/mol. The van der Waals surface area contributed by atoms with Crippen molar-refractivity contribution >= 4 is 15.7 Å². The Morgan fingerprint density at radius 1 is 1.43 bits per heavy atom. The minimum Gasteiger partial charge on any atom is -0.330 e. The van der Waals surface area contributed by atoms with Crippen LogP contribution in [0.3, 0.4) is 0 Å². The Kier molecular flexibility index (Phi) is 4.05. The summed E-state index contributed by atoms with van der Waals surface area (Å²) in [6, 6.07) is 4.95. The summed E-state index contributed by atoms with van der Waals surface area (Å²) in [5.74, 6) is 0.162. The molecule has 1 aliphatic rings. The van der Waals surface area contributed by atoms with E-state index in [1.165, 1.54) is 28.6 Å². The van der Waals surface area contributed by atoms with E-state index in [2.05, 4.69) is 0 Å². The van der Waals surface area contributed by atoms with Crippen molar-refractivity contribution in [2.24, 2.45) is 17.1 Å². The molecule has 0 spiro atoms. The van der Waals surface area contributed by atoms with Crippen LogP contribution in [-0.2, 0) is 10.0 Å². The van der Waals surface area contributed by atoms with Crippen molar-refractivity contribution in [3.63, 3.8) is 0 Å². The summed E-state index contributed by atoms with van der Waals surface area (Å²) in [5.41, 5.74) is 5.39. The molecule has 1 heterocycles. The lowest BCUT2D eigenvalue weighted by molar-refractivity contribution is -0.384. The lowest BCUT2D eigenvalue weighted by atomic mass is 9.81. The second-order valence-electron chi connectivity index (χ2n) is 5.81. The van der Waals surface area contributed by atoms with Crippen LogP contribution >= 0.6 is 0 Å². The maximum absolute atomic E-state index is 12.6. The molecule has 0 bridgehead atoms. The van der Waals surface area contributed by atoms with Gasteiger partial charge in [-0.1, -0.05) is 13.8 Å². The van der Waals surface area contributed by atoms with Crippen LogP contribution in [0.1, 0.15) is 13.8 Å². The van der Waals surface area contributed by atoms with Crippen molar-refractivity contribution in [2.75, 3.05) is 19.6 Å². The van der Waals surface area contributed by atoms with Gasteiger partial charge in [-0.3, -0.25) is 10.1 Å². The summed E-state index contributed by atoms with van der Waals surface area (Å²) in [5, 5.41) is 10.6. The van der Waals surface area contributed by atoms with Crippen LogP contribution in [-0.4, -0.2) is 37.3 Å². The number of nitro benzene ring substituents is 1. The first-order valence-electron chi connectivity index (χ1n) is 6.65. The predicted molar refractivity (Wildman–Crippen MR) is 78.2 cm³/mol. The molecular weight excluding hydrogens is 294 g/mol. The van der Waals surface area contributed by atoms with Gasteiger partial charge in [-0.2, -0.15) is 4.31 Å². The average Bonchev–Trinajstić information content (AvgIpc) is 2.76. The molecule has 0 amide bonds. The highest BCUT2D eigenvalue weighted by Gasteiger charge is 2.44. The Morgan fingerprint density at radius 3 is 2.43 bits per heavy atom. The standard InChI is InChI=1S/C13H19N3O4S/c1-10-7-15(9-13(10,2)8-14)21(19,20)12-5-3-11(4-6-12)16(17)18/h3-6,10H,7-9,14H2,1-2H3/t10-,13-/m1/s1. The van der Waals surface area contributed by atoms with Gasteiger partial charge < -0.3 is 5.73 Å². The quantitative estimate of drug-likeness (QED) is 0.664. The van der Waals surface area contributed by atoms with E-state index in [1.807, 2.05) is 13.8 Å². The molecule has 0 radical (unpaired) electrons. The van der Waals surface area contributed by atoms with Gasteiger partial charge in [0, 0.05) is 25.2 Å². The molecule has 1 aliphatic heterocycles. The van der Waals surface area contributed by atoms with Crippen LogP contribution in [0.25, 0.3) is 0 Å². The fourth-order valence-corrected chi connectivity index (χ4v) is 4.15. The third kappa shape index (κ3) is 2.78. The second kappa shape index (κ2) is 5.36. The van der Waals surface area contributed by atoms with Crippen molar-refractivity contribution in [3.8, 4) is 0 Å². The fraction of sp³-hybridized carbons (Fsp3) is 0.538. The van der Waals surface area contributed by atoms with Crippen LogP contribution in [0, 0.1) is 21.4 Å². The Morgan fingerprint density at radius 2 is 2.00 bits per heavy atom. The van der Waals surface area contributed by atoms with Gasteiger partial charge in [-0.25, -0.2) is 8.42 Å². The van der Waals surface area contributed by atoms with Crippen molar-refractivity contribution in [1.29, 1.82) is 0 Å². The Hall–Kier alpha value is -1.51. The molecule has 2 rings (SSSR count). The number of non-ortho nitro benzene ring substituents is 1. The third-order valence-electron chi connectivity index (χ3n) is 4.36. The molecule has 2 atom stereocenters. The lowest BCUT2D eigenvalue weighted by Gasteiger charge is -2.26. The van der Waals surface area contributed by atoms with E-state index in [4.69, 9.17) is 5.73 Å². The average molecular weight is 313 g/mol.